The molecular formula is C21H20ClN3O3. The molecule has 0 fully saturated rings. The fourth-order valence-electron chi connectivity index (χ4n) is 3.75. The van der Waals surface area contributed by atoms with Gasteiger partial charge in [0.25, 0.3) is 0 Å². The van der Waals surface area contributed by atoms with Crippen LogP contribution in [0, 0.1) is 0 Å². The van der Waals surface area contributed by atoms with Gasteiger partial charge in [-0.05, 0) is 37.6 Å². The van der Waals surface area contributed by atoms with Crippen LogP contribution in [0.2, 0.25) is 5.15 Å². The largest absolute Gasteiger partial charge is 0.466 e. The maximum Gasteiger partial charge on any atom is 0.310 e. The van der Waals surface area contributed by atoms with E-state index in [9.17, 15) is 9.59 Å². The van der Waals surface area contributed by atoms with Gasteiger partial charge in [0.05, 0.1) is 29.7 Å². The number of para-hydroxylation sites is 1. The van der Waals surface area contributed by atoms with Crippen LogP contribution >= 0.6 is 11.6 Å². The molecular weight excluding hydrogens is 378 g/mol. The first kappa shape index (κ1) is 18.5. The van der Waals surface area contributed by atoms with E-state index >= 15 is 0 Å². The van der Waals surface area contributed by atoms with Crippen molar-refractivity contribution in [3.8, 4) is 5.69 Å². The summed E-state index contributed by atoms with van der Waals surface area (Å²) in [6, 6.07) is 11.3. The van der Waals surface area contributed by atoms with Crippen LogP contribution in [-0.4, -0.2) is 28.7 Å². The second kappa shape index (κ2) is 7.28. The van der Waals surface area contributed by atoms with Gasteiger partial charge in [0.2, 0.25) is 0 Å². The molecule has 0 spiro atoms. The van der Waals surface area contributed by atoms with Gasteiger partial charge in [-0.15, -0.1) is 0 Å². The van der Waals surface area contributed by atoms with E-state index in [2.05, 4.69) is 16.0 Å². The van der Waals surface area contributed by atoms with E-state index in [1.54, 1.807) is 19.1 Å². The Bertz CT molecular complexity index is 1140. The molecule has 1 aliphatic heterocycles. The monoisotopic (exact) mass is 397 g/mol. The number of carbonyl (C=O) groups is 1. The van der Waals surface area contributed by atoms with Gasteiger partial charge < -0.3 is 9.64 Å². The number of aromatic nitrogens is 2. The molecule has 0 atom stereocenters. The van der Waals surface area contributed by atoms with Crippen molar-refractivity contribution in [2.24, 2.45) is 0 Å². The Morgan fingerprint density at radius 3 is 2.75 bits per heavy atom. The number of hydrogen-bond acceptors (Lipinski definition) is 5. The number of nitrogens with zero attached hydrogens (tertiary/aromatic N) is 3. The average molecular weight is 398 g/mol. The lowest BCUT2D eigenvalue weighted by molar-refractivity contribution is -0.142. The number of rotatable bonds is 4. The summed E-state index contributed by atoms with van der Waals surface area (Å²) in [5.41, 5.74) is 2.76. The van der Waals surface area contributed by atoms with Gasteiger partial charge in [-0.3, -0.25) is 14.2 Å². The summed E-state index contributed by atoms with van der Waals surface area (Å²) >= 11 is 6.16. The first-order chi connectivity index (χ1) is 13.5. The van der Waals surface area contributed by atoms with Crippen LogP contribution in [-0.2, 0) is 22.5 Å². The first-order valence-corrected chi connectivity index (χ1v) is 9.65. The van der Waals surface area contributed by atoms with Gasteiger partial charge in [0, 0.05) is 13.1 Å². The first-order valence-electron chi connectivity index (χ1n) is 9.28. The topological polar surface area (TPSA) is 64.4 Å². The standard InChI is InChI=1S/C21H20ClN3O3/c1-3-24-12-13-7-5-6-8-16(13)25-20-14(9-10-17(22)23-20)19(27)15(21(24)25)11-18(26)28-4-2/h5-10H,3-4,11-12H2,1-2H3. The molecule has 144 valence electrons. The molecule has 0 aliphatic carbocycles. The smallest absolute Gasteiger partial charge is 0.310 e. The number of fused-ring (bicyclic) bond motifs is 5. The predicted octanol–water partition coefficient (Wildman–Crippen LogP) is 3.48. The predicted molar refractivity (Wildman–Crippen MR) is 109 cm³/mol. The minimum absolute atomic E-state index is 0.0841. The summed E-state index contributed by atoms with van der Waals surface area (Å²) < 4.78 is 7.06. The zero-order chi connectivity index (χ0) is 19.8. The van der Waals surface area contributed by atoms with E-state index in [1.807, 2.05) is 29.7 Å². The van der Waals surface area contributed by atoms with Gasteiger partial charge in [0.15, 0.2) is 11.1 Å². The highest BCUT2D eigenvalue weighted by atomic mass is 35.5. The molecule has 0 unspecified atom stereocenters. The maximum absolute atomic E-state index is 13.3. The van der Waals surface area contributed by atoms with Crippen LogP contribution in [0.1, 0.15) is 25.0 Å². The van der Waals surface area contributed by atoms with Crippen molar-refractivity contribution in [1.82, 2.24) is 9.55 Å². The Morgan fingerprint density at radius 2 is 2.00 bits per heavy atom. The molecule has 28 heavy (non-hydrogen) atoms. The molecule has 1 aliphatic rings. The number of anilines is 1. The molecule has 1 aromatic carbocycles. The van der Waals surface area contributed by atoms with Gasteiger partial charge in [-0.2, -0.15) is 0 Å². The third kappa shape index (κ3) is 2.94. The van der Waals surface area contributed by atoms with Crippen molar-refractivity contribution >= 4 is 34.4 Å². The lowest BCUT2D eigenvalue weighted by Gasteiger charge is -2.35. The summed E-state index contributed by atoms with van der Waals surface area (Å²) in [4.78, 5) is 32.1. The van der Waals surface area contributed by atoms with Gasteiger partial charge in [-0.1, -0.05) is 29.8 Å². The number of halogens is 1. The summed E-state index contributed by atoms with van der Waals surface area (Å²) in [5.74, 6) is 0.264. The second-order valence-corrected chi connectivity index (χ2v) is 6.98. The highest BCUT2D eigenvalue weighted by molar-refractivity contribution is 6.29. The van der Waals surface area contributed by atoms with Gasteiger partial charge in [0.1, 0.15) is 11.0 Å². The summed E-state index contributed by atoms with van der Waals surface area (Å²) in [6.07, 6.45) is -0.0841. The fourth-order valence-corrected chi connectivity index (χ4v) is 3.90. The van der Waals surface area contributed by atoms with Crippen LogP contribution in [0.4, 0.5) is 5.82 Å². The Balaban J connectivity index is 2.12. The molecule has 7 heteroatoms. The third-order valence-electron chi connectivity index (χ3n) is 4.95. The van der Waals surface area contributed by atoms with E-state index in [0.29, 0.717) is 40.7 Å². The SMILES string of the molecule is CCOC(=O)Cc1c2n(c3nc(Cl)ccc3c1=O)-c1ccccc1CN2CC. The van der Waals surface area contributed by atoms with Crippen LogP contribution in [0.3, 0.4) is 0 Å². The van der Waals surface area contributed by atoms with E-state index in [-0.39, 0.29) is 18.5 Å². The van der Waals surface area contributed by atoms with Crippen molar-refractivity contribution in [1.29, 1.82) is 0 Å². The minimum Gasteiger partial charge on any atom is -0.466 e. The van der Waals surface area contributed by atoms with Crippen molar-refractivity contribution in [3.63, 3.8) is 0 Å². The molecule has 6 nitrogen and oxygen atoms in total. The fraction of sp³-hybridized carbons (Fsp3) is 0.286. The van der Waals surface area contributed by atoms with Crippen molar-refractivity contribution in [3.05, 3.63) is 62.9 Å². The Hall–Kier alpha value is -2.86. The number of benzene rings is 1. The quantitative estimate of drug-likeness (QED) is 0.498. The van der Waals surface area contributed by atoms with Crippen LogP contribution in [0.15, 0.2) is 41.2 Å². The van der Waals surface area contributed by atoms with E-state index in [1.165, 1.54) is 0 Å². The number of carbonyl (C=O) groups excluding carboxylic acids is 1. The number of esters is 1. The Kier molecular flexibility index (Phi) is 4.81. The molecule has 0 radical (unpaired) electrons. The summed E-state index contributed by atoms with van der Waals surface area (Å²) in [6.45, 7) is 5.37. The van der Waals surface area contributed by atoms with Gasteiger partial charge in [-0.25, -0.2) is 4.98 Å². The highest BCUT2D eigenvalue weighted by Crippen LogP contribution is 2.35. The highest BCUT2D eigenvalue weighted by Gasteiger charge is 2.29. The average Bonchev–Trinajstić information content (AvgIpc) is 2.69. The number of hydrogen-bond donors (Lipinski definition) is 0. The lowest BCUT2D eigenvalue weighted by atomic mass is 10.0. The molecule has 0 amide bonds. The molecule has 0 saturated carbocycles. The van der Waals surface area contributed by atoms with Crippen molar-refractivity contribution < 1.29 is 9.53 Å². The number of ether oxygens (including phenoxy) is 1. The maximum atomic E-state index is 13.3. The van der Waals surface area contributed by atoms with E-state index < -0.39 is 5.97 Å². The molecule has 0 bridgehead atoms. The van der Waals surface area contributed by atoms with E-state index in [0.717, 1.165) is 11.3 Å². The van der Waals surface area contributed by atoms with Crippen molar-refractivity contribution in [2.45, 2.75) is 26.8 Å². The molecule has 3 aromatic rings. The lowest BCUT2D eigenvalue weighted by Crippen LogP contribution is -2.35. The zero-order valence-corrected chi connectivity index (χ0v) is 16.5. The third-order valence-corrected chi connectivity index (χ3v) is 5.17. The van der Waals surface area contributed by atoms with Crippen molar-refractivity contribution in [2.75, 3.05) is 18.1 Å². The zero-order valence-electron chi connectivity index (χ0n) is 15.7. The Labute approximate surface area is 167 Å². The molecule has 4 rings (SSSR count). The Morgan fingerprint density at radius 1 is 1.21 bits per heavy atom. The minimum atomic E-state index is -0.418. The summed E-state index contributed by atoms with van der Waals surface area (Å²) in [5, 5.41) is 0.742. The van der Waals surface area contributed by atoms with E-state index in [4.69, 9.17) is 16.3 Å². The molecule has 0 N–H and O–H groups in total. The van der Waals surface area contributed by atoms with Crippen LogP contribution in [0.25, 0.3) is 16.7 Å². The van der Waals surface area contributed by atoms with Gasteiger partial charge >= 0.3 is 5.97 Å². The van der Waals surface area contributed by atoms with Crippen LogP contribution in [0.5, 0.6) is 0 Å². The molecule has 2 aromatic heterocycles. The molecule has 3 heterocycles. The summed E-state index contributed by atoms with van der Waals surface area (Å²) in [7, 11) is 0. The van der Waals surface area contributed by atoms with Crippen LogP contribution < -0.4 is 10.3 Å². The number of pyridine rings is 2. The molecule has 0 saturated heterocycles. The second-order valence-electron chi connectivity index (χ2n) is 6.60. The normalized spacial score (nSPS) is 12.6.